The minimum absolute atomic E-state index is 0.300. The minimum atomic E-state index is -0.300. The van der Waals surface area contributed by atoms with Crippen molar-refractivity contribution < 1.29 is 5.11 Å². The lowest BCUT2D eigenvalue weighted by atomic mass is 9.85. The number of aryl methyl sites for hydroxylation is 1. The molecule has 0 aromatic carbocycles. The number of aliphatic imine (C=N–C) groups is 1. The van der Waals surface area contributed by atoms with E-state index >= 15 is 0 Å². The molecule has 1 saturated heterocycles. The average Bonchev–Trinajstić information content (AvgIpc) is 3.28. The van der Waals surface area contributed by atoms with Gasteiger partial charge in [-0.3, -0.25) is 9.67 Å². The highest BCUT2D eigenvalue weighted by atomic mass is 16.3. The summed E-state index contributed by atoms with van der Waals surface area (Å²) in [6.45, 7) is 5.44. The zero-order valence-electron chi connectivity index (χ0n) is 15.7. The Morgan fingerprint density at radius 1 is 1.36 bits per heavy atom. The number of aromatic nitrogens is 2. The zero-order chi connectivity index (χ0) is 17.6. The van der Waals surface area contributed by atoms with Crippen LogP contribution in [0, 0.1) is 5.92 Å². The number of likely N-dealkylation sites (tertiary alicyclic amines) is 1. The van der Waals surface area contributed by atoms with Crippen molar-refractivity contribution in [2.75, 3.05) is 26.2 Å². The van der Waals surface area contributed by atoms with Gasteiger partial charge in [0.1, 0.15) is 0 Å². The first-order valence-corrected chi connectivity index (χ1v) is 9.87. The summed E-state index contributed by atoms with van der Waals surface area (Å²) in [5.41, 5.74) is 1.31. The molecule has 2 atom stereocenters. The summed E-state index contributed by atoms with van der Waals surface area (Å²) in [5.74, 6) is 1.90. The molecule has 3 rings (SSSR count). The van der Waals surface area contributed by atoms with Gasteiger partial charge in [-0.15, -0.1) is 0 Å². The molecule has 1 aliphatic carbocycles. The van der Waals surface area contributed by atoms with Crippen molar-refractivity contribution in [1.29, 1.82) is 0 Å². The van der Waals surface area contributed by atoms with Crippen molar-refractivity contribution in [2.45, 2.75) is 57.5 Å². The molecule has 0 radical (unpaired) electrons. The Labute approximate surface area is 151 Å². The summed E-state index contributed by atoms with van der Waals surface area (Å²) in [6.07, 6.45) is 11.1. The topological polar surface area (TPSA) is 65.7 Å². The zero-order valence-corrected chi connectivity index (χ0v) is 15.7. The van der Waals surface area contributed by atoms with Gasteiger partial charge >= 0.3 is 0 Å². The van der Waals surface area contributed by atoms with Gasteiger partial charge in [0.05, 0.1) is 18.8 Å². The molecule has 25 heavy (non-hydrogen) atoms. The van der Waals surface area contributed by atoms with Crippen LogP contribution in [0.4, 0.5) is 0 Å². The minimum Gasteiger partial charge on any atom is -0.391 e. The van der Waals surface area contributed by atoms with Crippen LogP contribution < -0.4 is 5.32 Å². The number of aliphatic hydroxyl groups is 1. The quantitative estimate of drug-likeness (QED) is 0.632. The van der Waals surface area contributed by atoms with Crippen LogP contribution in [0.25, 0.3) is 0 Å². The molecule has 1 saturated carbocycles. The van der Waals surface area contributed by atoms with Gasteiger partial charge in [-0.25, -0.2) is 0 Å². The van der Waals surface area contributed by atoms with E-state index in [0.717, 1.165) is 44.9 Å². The van der Waals surface area contributed by atoms with Gasteiger partial charge in [-0.05, 0) is 37.7 Å². The maximum Gasteiger partial charge on any atom is 0.194 e. The van der Waals surface area contributed by atoms with Crippen LogP contribution in [-0.2, 0) is 7.05 Å². The van der Waals surface area contributed by atoms with Crippen LogP contribution >= 0.6 is 0 Å². The summed E-state index contributed by atoms with van der Waals surface area (Å²) >= 11 is 0. The van der Waals surface area contributed by atoms with E-state index < -0.39 is 0 Å². The molecule has 0 spiro atoms. The molecule has 0 amide bonds. The van der Waals surface area contributed by atoms with Crippen LogP contribution in [0.5, 0.6) is 0 Å². The third-order valence-corrected chi connectivity index (χ3v) is 5.64. The number of aliphatic hydroxyl groups excluding tert-OH is 1. The fourth-order valence-corrected chi connectivity index (χ4v) is 4.15. The van der Waals surface area contributed by atoms with Crippen molar-refractivity contribution >= 4 is 5.96 Å². The molecule has 2 unspecified atom stereocenters. The van der Waals surface area contributed by atoms with Crippen molar-refractivity contribution in [2.24, 2.45) is 18.0 Å². The summed E-state index contributed by atoms with van der Waals surface area (Å²) < 4.78 is 1.87. The number of hydrogen-bond donors (Lipinski definition) is 2. The Morgan fingerprint density at radius 3 is 2.84 bits per heavy atom. The molecule has 1 aromatic rings. The second-order valence-electron chi connectivity index (χ2n) is 7.54. The van der Waals surface area contributed by atoms with Crippen LogP contribution in [-0.4, -0.2) is 58.0 Å². The maximum absolute atomic E-state index is 10.5. The highest BCUT2D eigenvalue weighted by molar-refractivity contribution is 5.80. The molecule has 6 nitrogen and oxygen atoms in total. The molecule has 1 aliphatic heterocycles. The second-order valence-corrected chi connectivity index (χ2v) is 7.54. The summed E-state index contributed by atoms with van der Waals surface area (Å²) in [5, 5.41) is 18.2. The normalized spacial score (nSPS) is 23.9. The standard InChI is InChI=1S/C19H33N5O/c1-3-20-19(21-12-18(25)15-7-5-4-6-8-15)24-10-9-16(14-24)17-11-22-23(2)13-17/h11,13,15-16,18,25H,3-10,12,14H2,1-2H3,(H,20,21). The molecule has 6 heteroatoms. The third-order valence-electron chi connectivity index (χ3n) is 5.64. The number of guanidine groups is 1. The molecule has 2 aliphatic rings. The van der Waals surface area contributed by atoms with E-state index in [9.17, 15) is 5.11 Å². The van der Waals surface area contributed by atoms with Crippen LogP contribution in [0.15, 0.2) is 17.4 Å². The molecule has 2 heterocycles. The average molecular weight is 348 g/mol. The third kappa shape index (κ3) is 4.75. The van der Waals surface area contributed by atoms with Gasteiger partial charge in [-0.1, -0.05) is 19.3 Å². The van der Waals surface area contributed by atoms with Crippen molar-refractivity contribution in [3.8, 4) is 0 Å². The number of nitrogens with one attached hydrogen (secondary N) is 1. The van der Waals surface area contributed by atoms with Gasteiger partial charge in [0, 0.05) is 38.8 Å². The Bertz CT molecular complexity index is 564. The van der Waals surface area contributed by atoms with Crippen molar-refractivity contribution in [3.63, 3.8) is 0 Å². The fourth-order valence-electron chi connectivity index (χ4n) is 4.15. The number of rotatable bonds is 5. The summed E-state index contributed by atoms with van der Waals surface area (Å²) in [4.78, 5) is 7.09. The lowest BCUT2D eigenvalue weighted by Crippen LogP contribution is -2.41. The SMILES string of the molecule is CCNC(=NCC(O)C1CCCCC1)N1CCC(c2cnn(C)c2)C1. The van der Waals surface area contributed by atoms with E-state index in [1.165, 1.54) is 24.8 Å². The monoisotopic (exact) mass is 347 g/mol. The van der Waals surface area contributed by atoms with E-state index in [1.807, 2.05) is 17.9 Å². The first kappa shape index (κ1) is 18.2. The predicted octanol–water partition coefficient (Wildman–Crippen LogP) is 2.12. The molecule has 2 N–H and O–H groups in total. The van der Waals surface area contributed by atoms with E-state index in [2.05, 4.69) is 28.4 Å². The van der Waals surface area contributed by atoms with Gasteiger partial charge < -0.3 is 15.3 Å². The second kappa shape index (κ2) is 8.70. The molecule has 1 aromatic heterocycles. The molecule has 140 valence electrons. The number of nitrogens with zero attached hydrogens (tertiary/aromatic N) is 4. The number of hydrogen-bond acceptors (Lipinski definition) is 3. The highest BCUT2D eigenvalue weighted by Gasteiger charge is 2.27. The van der Waals surface area contributed by atoms with Gasteiger partial charge in [0.2, 0.25) is 0 Å². The molecule has 0 bridgehead atoms. The summed E-state index contributed by atoms with van der Waals surface area (Å²) in [7, 11) is 1.97. The molecular formula is C19H33N5O. The van der Waals surface area contributed by atoms with Gasteiger partial charge in [0.25, 0.3) is 0 Å². The van der Waals surface area contributed by atoms with Crippen molar-refractivity contribution in [3.05, 3.63) is 18.0 Å². The van der Waals surface area contributed by atoms with E-state index in [4.69, 9.17) is 4.99 Å². The highest BCUT2D eigenvalue weighted by Crippen LogP contribution is 2.28. The largest absolute Gasteiger partial charge is 0.391 e. The lowest BCUT2D eigenvalue weighted by molar-refractivity contribution is 0.0921. The van der Waals surface area contributed by atoms with E-state index in [0.29, 0.717) is 18.4 Å². The smallest absolute Gasteiger partial charge is 0.194 e. The molecule has 2 fully saturated rings. The van der Waals surface area contributed by atoms with Crippen LogP contribution in [0.1, 0.15) is 56.9 Å². The first-order valence-electron chi connectivity index (χ1n) is 9.87. The predicted molar refractivity (Wildman–Crippen MR) is 101 cm³/mol. The Balaban J connectivity index is 1.58. The van der Waals surface area contributed by atoms with Crippen molar-refractivity contribution in [1.82, 2.24) is 20.0 Å². The fraction of sp³-hybridized carbons (Fsp3) is 0.789. The van der Waals surface area contributed by atoms with Crippen LogP contribution in [0.3, 0.4) is 0 Å². The van der Waals surface area contributed by atoms with Gasteiger partial charge in [-0.2, -0.15) is 5.10 Å². The summed E-state index contributed by atoms with van der Waals surface area (Å²) in [6, 6.07) is 0. The Kier molecular flexibility index (Phi) is 6.34. The Morgan fingerprint density at radius 2 is 2.16 bits per heavy atom. The van der Waals surface area contributed by atoms with E-state index in [1.54, 1.807) is 0 Å². The van der Waals surface area contributed by atoms with Gasteiger partial charge in [0.15, 0.2) is 5.96 Å². The maximum atomic E-state index is 10.5. The van der Waals surface area contributed by atoms with Crippen LogP contribution in [0.2, 0.25) is 0 Å². The Hall–Kier alpha value is -1.56. The first-order chi connectivity index (χ1) is 12.2. The lowest BCUT2D eigenvalue weighted by Gasteiger charge is -2.27. The van der Waals surface area contributed by atoms with E-state index in [-0.39, 0.29) is 6.10 Å². The molecular weight excluding hydrogens is 314 g/mol.